The Kier molecular flexibility index (Phi) is 7.02. The van der Waals surface area contributed by atoms with Crippen LogP contribution < -0.4 is 5.73 Å². The van der Waals surface area contributed by atoms with Gasteiger partial charge in [0.05, 0.1) is 0 Å². The van der Waals surface area contributed by atoms with E-state index in [1.807, 2.05) is 35.2 Å². The number of hydrogen-bond donors (Lipinski definition) is 1. The van der Waals surface area contributed by atoms with Crippen LogP contribution in [0.15, 0.2) is 54.6 Å². The third-order valence-corrected chi connectivity index (χ3v) is 5.26. The van der Waals surface area contributed by atoms with Gasteiger partial charge in [-0.3, -0.25) is 9.69 Å². The molecule has 0 heterocycles. The summed E-state index contributed by atoms with van der Waals surface area (Å²) in [5.74, 6) is 0.0671. The van der Waals surface area contributed by atoms with Gasteiger partial charge in [0.15, 0.2) is 0 Å². The van der Waals surface area contributed by atoms with Crippen molar-refractivity contribution in [2.24, 2.45) is 5.73 Å². The maximum atomic E-state index is 12.9. The lowest BCUT2D eigenvalue weighted by Crippen LogP contribution is -2.37. The highest BCUT2D eigenvalue weighted by Gasteiger charge is 2.27. The summed E-state index contributed by atoms with van der Waals surface area (Å²) in [5, 5.41) is 0. The zero-order valence-electron chi connectivity index (χ0n) is 16.3. The lowest BCUT2D eigenvalue weighted by Gasteiger charge is -2.23. The zero-order valence-corrected chi connectivity index (χ0v) is 16.3. The molecule has 0 radical (unpaired) electrons. The van der Waals surface area contributed by atoms with E-state index in [4.69, 9.17) is 5.73 Å². The summed E-state index contributed by atoms with van der Waals surface area (Å²) in [7, 11) is 0. The first-order valence-corrected chi connectivity index (χ1v) is 10.1. The maximum Gasteiger partial charge on any atom is 0.253 e. The van der Waals surface area contributed by atoms with E-state index in [1.54, 1.807) is 0 Å². The molecule has 2 N–H and O–H groups in total. The molecule has 2 aromatic carbocycles. The largest absolute Gasteiger partial charge is 0.337 e. The molecule has 0 aliphatic heterocycles. The van der Waals surface area contributed by atoms with Gasteiger partial charge in [-0.05, 0) is 49.1 Å². The Balaban J connectivity index is 1.60. The van der Waals surface area contributed by atoms with E-state index in [-0.39, 0.29) is 5.91 Å². The van der Waals surface area contributed by atoms with Crippen LogP contribution in [-0.2, 0) is 13.0 Å². The SMILES string of the molecule is CCN(Cc1ccc(C(=O)N(CCN)CCc2ccccc2)cc1)C1CC1. The van der Waals surface area contributed by atoms with E-state index in [2.05, 4.69) is 36.1 Å². The van der Waals surface area contributed by atoms with Gasteiger partial charge in [-0.25, -0.2) is 0 Å². The average Bonchev–Trinajstić information content (AvgIpc) is 3.55. The van der Waals surface area contributed by atoms with Crippen LogP contribution in [-0.4, -0.2) is 47.9 Å². The molecule has 1 fully saturated rings. The standard InChI is InChI=1S/C23H31N3O/c1-2-25(22-12-13-22)18-20-8-10-21(11-9-20)23(27)26(17-15-24)16-14-19-6-4-3-5-7-19/h3-11,22H,2,12-18,24H2,1H3. The van der Waals surface area contributed by atoms with Gasteiger partial charge >= 0.3 is 0 Å². The number of benzene rings is 2. The lowest BCUT2D eigenvalue weighted by atomic mass is 10.1. The third-order valence-electron chi connectivity index (χ3n) is 5.26. The molecule has 2 aromatic rings. The number of carbonyl (C=O) groups is 1. The minimum Gasteiger partial charge on any atom is -0.337 e. The molecule has 0 saturated heterocycles. The summed E-state index contributed by atoms with van der Waals surface area (Å²) >= 11 is 0. The van der Waals surface area contributed by atoms with Gasteiger partial charge in [0, 0.05) is 37.8 Å². The maximum absolute atomic E-state index is 12.9. The quantitative estimate of drug-likeness (QED) is 0.703. The van der Waals surface area contributed by atoms with Crippen LogP contribution in [0.4, 0.5) is 0 Å². The van der Waals surface area contributed by atoms with E-state index in [9.17, 15) is 4.79 Å². The Morgan fingerprint density at radius 2 is 1.70 bits per heavy atom. The Morgan fingerprint density at radius 1 is 1.00 bits per heavy atom. The van der Waals surface area contributed by atoms with E-state index < -0.39 is 0 Å². The molecular weight excluding hydrogens is 334 g/mol. The second kappa shape index (κ2) is 9.67. The van der Waals surface area contributed by atoms with Gasteiger partial charge < -0.3 is 10.6 Å². The molecule has 0 bridgehead atoms. The first-order chi connectivity index (χ1) is 13.2. The highest BCUT2D eigenvalue weighted by molar-refractivity contribution is 5.94. The van der Waals surface area contributed by atoms with Crippen molar-refractivity contribution in [3.8, 4) is 0 Å². The Bertz CT molecular complexity index is 710. The molecule has 1 amide bonds. The monoisotopic (exact) mass is 365 g/mol. The van der Waals surface area contributed by atoms with E-state index in [0.717, 1.165) is 31.1 Å². The van der Waals surface area contributed by atoms with Gasteiger partial charge in [-0.15, -0.1) is 0 Å². The van der Waals surface area contributed by atoms with Gasteiger partial charge in [-0.2, -0.15) is 0 Å². The number of nitrogens with zero attached hydrogens (tertiary/aromatic N) is 2. The first kappa shape index (κ1) is 19.6. The van der Waals surface area contributed by atoms with Crippen LogP contribution in [0.25, 0.3) is 0 Å². The summed E-state index contributed by atoms with van der Waals surface area (Å²) in [6, 6.07) is 19.1. The third kappa shape index (κ3) is 5.65. The van der Waals surface area contributed by atoms with Crippen LogP contribution in [0.1, 0.15) is 41.3 Å². The molecule has 0 unspecified atom stereocenters. The van der Waals surface area contributed by atoms with Crippen molar-refractivity contribution >= 4 is 5.91 Å². The van der Waals surface area contributed by atoms with Gasteiger partial charge in [-0.1, -0.05) is 49.4 Å². The van der Waals surface area contributed by atoms with Crippen molar-refractivity contribution in [2.45, 2.75) is 38.8 Å². The van der Waals surface area contributed by atoms with Crippen molar-refractivity contribution in [2.75, 3.05) is 26.2 Å². The minimum atomic E-state index is 0.0671. The lowest BCUT2D eigenvalue weighted by molar-refractivity contribution is 0.0762. The number of amides is 1. The second-order valence-corrected chi connectivity index (χ2v) is 7.31. The second-order valence-electron chi connectivity index (χ2n) is 7.31. The topological polar surface area (TPSA) is 49.6 Å². The molecular formula is C23H31N3O. The van der Waals surface area contributed by atoms with Crippen LogP contribution in [0, 0.1) is 0 Å². The average molecular weight is 366 g/mol. The fourth-order valence-corrected chi connectivity index (χ4v) is 3.49. The minimum absolute atomic E-state index is 0.0671. The van der Waals surface area contributed by atoms with Crippen LogP contribution in [0.5, 0.6) is 0 Å². The van der Waals surface area contributed by atoms with Crippen molar-refractivity contribution in [1.82, 2.24) is 9.80 Å². The van der Waals surface area contributed by atoms with Crippen molar-refractivity contribution in [3.63, 3.8) is 0 Å². The number of rotatable bonds is 10. The summed E-state index contributed by atoms with van der Waals surface area (Å²) < 4.78 is 0. The molecule has 1 saturated carbocycles. The summed E-state index contributed by atoms with van der Waals surface area (Å²) in [5.41, 5.74) is 9.00. The van der Waals surface area contributed by atoms with Crippen LogP contribution >= 0.6 is 0 Å². The molecule has 4 nitrogen and oxygen atoms in total. The predicted molar refractivity (Wildman–Crippen MR) is 111 cm³/mol. The molecule has 1 aliphatic rings. The fourth-order valence-electron chi connectivity index (χ4n) is 3.49. The normalized spacial score (nSPS) is 13.7. The molecule has 0 spiro atoms. The molecule has 4 heteroatoms. The first-order valence-electron chi connectivity index (χ1n) is 10.1. The van der Waals surface area contributed by atoms with Gasteiger partial charge in [0.2, 0.25) is 0 Å². The smallest absolute Gasteiger partial charge is 0.253 e. The zero-order chi connectivity index (χ0) is 19.1. The van der Waals surface area contributed by atoms with Crippen LogP contribution in [0.2, 0.25) is 0 Å². The summed E-state index contributed by atoms with van der Waals surface area (Å²) in [6.45, 7) is 6.01. The van der Waals surface area contributed by atoms with Crippen LogP contribution in [0.3, 0.4) is 0 Å². The van der Waals surface area contributed by atoms with Crippen molar-refractivity contribution in [3.05, 3.63) is 71.3 Å². The molecule has 27 heavy (non-hydrogen) atoms. The molecule has 0 aromatic heterocycles. The Morgan fingerprint density at radius 3 is 2.30 bits per heavy atom. The van der Waals surface area contributed by atoms with Crippen molar-refractivity contribution in [1.29, 1.82) is 0 Å². The summed E-state index contributed by atoms with van der Waals surface area (Å²) in [6.07, 6.45) is 3.48. The number of carbonyl (C=O) groups excluding carboxylic acids is 1. The molecule has 0 atom stereocenters. The predicted octanol–water partition coefficient (Wildman–Crippen LogP) is 3.31. The van der Waals surface area contributed by atoms with E-state index in [1.165, 1.54) is 24.0 Å². The molecule has 3 rings (SSSR count). The highest BCUT2D eigenvalue weighted by Crippen LogP contribution is 2.28. The van der Waals surface area contributed by atoms with Gasteiger partial charge in [0.1, 0.15) is 0 Å². The number of nitrogens with two attached hydrogens (primary N) is 1. The Labute approximate surface area is 163 Å². The molecule has 1 aliphatic carbocycles. The van der Waals surface area contributed by atoms with Crippen molar-refractivity contribution < 1.29 is 4.79 Å². The van der Waals surface area contributed by atoms with E-state index >= 15 is 0 Å². The van der Waals surface area contributed by atoms with E-state index in [0.29, 0.717) is 19.6 Å². The summed E-state index contributed by atoms with van der Waals surface area (Å²) in [4.78, 5) is 17.3. The Hall–Kier alpha value is -2.17. The number of hydrogen-bond acceptors (Lipinski definition) is 3. The fraction of sp³-hybridized carbons (Fsp3) is 0.435. The molecule has 144 valence electrons. The highest BCUT2D eigenvalue weighted by atomic mass is 16.2. The van der Waals surface area contributed by atoms with Gasteiger partial charge in [0.25, 0.3) is 5.91 Å².